The molecule has 0 saturated carbocycles. The highest BCUT2D eigenvalue weighted by Gasteiger charge is 2.16. The Bertz CT molecular complexity index is 1380. The zero-order chi connectivity index (χ0) is 22.0. The van der Waals surface area contributed by atoms with Crippen molar-refractivity contribution in [3.05, 3.63) is 83.6 Å². The Balaban J connectivity index is 1.64. The molecule has 7 nitrogen and oxygen atoms in total. The maximum absolute atomic E-state index is 12.5. The molecule has 0 atom stereocenters. The minimum Gasteiger partial charge on any atom is -0.464 e. The molecule has 0 radical (unpaired) electrons. The van der Waals surface area contributed by atoms with Gasteiger partial charge < -0.3 is 10.2 Å². The van der Waals surface area contributed by atoms with Crippen molar-refractivity contribution in [1.82, 2.24) is 4.98 Å². The number of nitrogen functional groups attached to an aromatic ring is 1. The summed E-state index contributed by atoms with van der Waals surface area (Å²) >= 11 is 5.82. The highest BCUT2D eigenvalue weighted by molar-refractivity contribution is 7.92. The van der Waals surface area contributed by atoms with Gasteiger partial charge in [-0.1, -0.05) is 23.7 Å². The van der Waals surface area contributed by atoms with Gasteiger partial charge in [0.25, 0.3) is 10.0 Å². The average molecular weight is 451 g/mol. The molecule has 0 amide bonds. The van der Waals surface area contributed by atoms with Crippen LogP contribution < -0.4 is 10.5 Å². The summed E-state index contributed by atoms with van der Waals surface area (Å²) in [6.07, 6.45) is 1.51. The van der Waals surface area contributed by atoms with E-state index in [-0.39, 0.29) is 16.3 Å². The van der Waals surface area contributed by atoms with Crippen LogP contribution in [-0.2, 0) is 10.0 Å². The smallest absolute Gasteiger partial charge is 0.261 e. The summed E-state index contributed by atoms with van der Waals surface area (Å²) in [5.41, 5.74) is 8.34. The summed E-state index contributed by atoms with van der Waals surface area (Å²) in [7, 11) is -3.75. The first-order chi connectivity index (χ1) is 14.9. The van der Waals surface area contributed by atoms with E-state index in [9.17, 15) is 13.7 Å². The van der Waals surface area contributed by atoms with Gasteiger partial charge in [0.1, 0.15) is 23.2 Å². The van der Waals surface area contributed by atoms with Crippen LogP contribution in [0.1, 0.15) is 5.56 Å². The summed E-state index contributed by atoms with van der Waals surface area (Å²) in [5.74, 6) is 0.582. The highest BCUT2D eigenvalue weighted by atomic mass is 35.5. The van der Waals surface area contributed by atoms with Crippen LogP contribution in [0.5, 0.6) is 0 Å². The molecule has 4 rings (SSSR count). The van der Waals surface area contributed by atoms with Gasteiger partial charge in [0, 0.05) is 21.8 Å². The molecule has 0 spiro atoms. The molecule has 2 aromatic carbocycles. The number of hydrogen-bond acceptors (Lipinski definition) is 6. The van der Waals surface area contributed by atoms with E-state index in [4.69, 9.17) is 21.8 Å². The monoisotopic (exact) mass is 450 g/mol. The van der Waals surface area contributed by atoms with Gasteiger partial charge in [0.15, 0.2) is 0 Å². The average Bonchev–Trinajstić information content (AvgIpc) is 3.28. The number of sulfonamides is 1. The van der Waals surface area contributed by atoms with Crippen LogP contribution in [0.25, 0.3) is 22.6 Å². The number of halogens is 1. The minimum atomic E-state index is -3.75. The molecule has 0 bridgehead atoms. The molecule has 3 N–H and O–H groups in total. The van der Waals surface area contributed by atoms with Crippen LogP contribution in [-0.4, -0.2) is 13.4 Å². The number of aromatic nitrogens is 1. The van der Waals surface area contributed by atoms with Crippen molar-refractivity contribution in [1.29, 1.82) is 5.26 Å². The maximum atomic E-state index is 12.5. The van der Waals surface area contributed by atoms with E-state index in [1.807, 2.05) is 0 Å². The normalized spacial score (nSPS) is 11.1. The van der Waals surface area contributed by atoms with Crippen molar-refractivity contribution in [3.63, 3.8) is 0 Å². The largest absolute Gasteiger partial charge is 0.464 e. The summed E-state index contributed by atoms with van der Waals surface area (Å²) in [4.78, 5) is 4.41. The molecule has 2 heterocycles. The van der Waals surface area contributed by atoms with Crippen LogP contribution in [0.2, 0.25) is 5.02 Å². The predicted molar refractivity (Wildman–Crippen MR) is 119 cm³/mol. The van der Waals surface area contributed by atoms with E-state index in [1.165, 1.54) is 30.5 Å². The molecule has 0 saturated heterocycles. The zero-order valence-corrected chi connectivity index (χ0v) is 17.5. The van der Waals surface area contributed by atoms with Crippen molar-refractivity contribution in [2.45, 2.75) is 4.90 Å². The maximum Gasteiger partial charge on any atom is 0.261 e. The van der Waals surface area contributed by atoms with E-state index in [1.54, 1.807) is 42.5 Å². The molecule has 0 aliphatic carbocycles. The molecule has 154 valence electrons. The van der Waals surface area contributed by atoms with Gasteiger partial charge in [-0.05, 0) is 54.6 Å². The van der Waals surface area contributed by atoms with Gasteiger partial charge in [0.2, 0.25) is 0 Å². The number of rotatable bonds is 5. The van der Waals surface area contributed by atoms with E-state index >= 15 is 0 Å². The number of nitriles is 1. The Labute approximate surface area is 183 Å². The molecular weight excluding hydrogens is 436 g/mol. The van der Waals surface area contributed by atoms with Gasteiger partial charge in [-0.15, -0.1) is 0 Å². The molecule has 0 aliphatic rings. The number of pyridine rings is 1. The molecule has 2 aromatic heterocycles. The lowest BCUT2D eigenvalue weighted by Crippen LogP contribution is -2.12. The molecule has 0 fully saturated rings. The lowest BCUT2D eigenvalue weighted by atomic mass is 10.0. The summed E-state index contributed by atoms with van der Waals surface area (Å²) in [5, 5.41) is 9.88. The van der Waals surface area contributed by atoms with Crippen molar-refractivity contribution in [2.24, 2.45) is 0 Å². The first kappa shape index (κ1) is 20.5. The molecule has 0 unspecified atom stereocenters. The second kappa shape index (κ2) is 8.14. The van der Waals surface area contributed by atoms with Gasteiger partial charge in [0.05, 0.1) is 16.9 Å². The van der Waals surface area contributed by atoms with Crippen LogP contribution >= 0.6 is 11.6 Å². The standard InChI is InChI=1S/C22H15ClN4O3S/c23-15-5-9-17(10-6-15)31(28,29)27-16-7-3-14(4-8-16)20-12-18(21-2-1-11-30-21)19(13-24)22(25)26-20/h1-12,27H,(H2,25,26). The Morgan fingerprint density at radius 1 is 1.06 bits per heavy atom. The van der Waals surface area contributed by atoms with Crippen LogP contribution in [0, 0.1) is 11.3 Å². The van der Waals surface area contributed by atoms with Gasteiger partial charge in [-0.3, -0.25) is 4.72 Å². The number of hydrogen-bond donors (Lipinski definition) is 2. The number of nitrogens with two attached hydrogens (primary N) is 1. The van der Waals surface area contributed by atoms with Crippen LogP contribution in [0.3, 0.4) is 0 Å². The Morgan fingerprint density at radius 2 is 1.77 bits per heavy atom. The van der Waals surface area contributed by atoms with Crippen molar-refractivity contribution >= 4 is 33.1 Å². The third kappa shape index (κ3) is 4.23. The number of benzene rings is 2. The van der Waals surface area contributed by atoms with Crippen molar-refractivity contribution in [3.8, 4) is 28.7 Å². The zero-order valence-electron chi connectivity index (χ0n) is 15.9. The summed E-state index contributed by atoms with van der Waals surface area (Å²) < 4.78 is 33.0. The summed E-state index contributed by atoms with van der Waals surface area (Å²) in [6.45, 7) is 0. The Kier molecular flexibility index (Phi) is 5.38. The molecule has 0 aliphatic heterocycles. The van der Waals surface area contributed by atoms with E-state index in [2.05, 4.69) is 15.8 Å². The second-order valence-electron chi connectivity index (χ2n) is 6.54. The van der Waals surface area contributed by atoms with E-state index in [0.717, 1.165) is 0 Å². The molecule has 9 heteroatoms. The van der Waals surface area contributed by atoms with Gasteiger partial charge in [-0.25, -0.2) is 13.4 Å². The number of nitrogens with one attached hydrogen (secondary N) is 1. The molecular formula is C22H15ClN4O3S. The lowest BCUT2D eigenvalue weighted by molar-refractivity contribution is 0.582. The number of nitrogens with zero attached hydrogens (tertiary/aromatic N) is 2. The van der Waals surface area contributed by atoms with Crippen molar-refractivity contribution in [2.75, 3.05) is 10.5 Å². The minimum absolute atomic E-state index is 0.0823. The first-order valence-electron chi connectivity index (χ1n) is 9.01. The number of anilines is 2. The second-order valence-corrected chi connectivity index (χ2v) is 8.66. The lowest BCUT2D eigenvalue weighted by Gasteiger charge is -2.10. The Morgan fingerprint density at radius 3 is 2.39 bits per heavy atom. The van der Waals surface area contributed by atoms with Gasteiger partial charge >= 0.3 is 0 Å². The number of furan rings is 1. The SMILES string of the molecule is N#Cc1c(-c2ccco2)cc(-c2ccc(NS(=O)(=O)c3ccc(Cl)cc3)cc2)nc1N. The van der Waals surface area contributed by atoms with Crippen molar-refractivity contribution < 1.29 is 12.8 Å². The predicted octanol–water partition coefficient (Wildman–Crippen LogP) is 4.92. The fourth-order valence-electron chi connectivity index (χ4n) is 2.99. The third-order valence-electron chi connectivity index (χ3n) is 4.50. The quantitative estimate of drug-likeness (QED) is 0.445. The van der Waals surface area contributed by atoms with Gasteiger partial charge in [-0.2, -0.15) is 5.26 Å². The van der Waals surface area contributed by atoms with E-state index < -0.39 is 10.0 Å². The topological polar surface area (TPSA) is 122 Å². The highest BCUT2D eigenvalue weighted by Crippen LogP contribution is 2.32. The third-order valence-corrected chi connectivity index (χ3v) is 6.15. The van der Waals surface area contributed by atoms with E-state index in [0.29, 0.717) is 33.3 Å². The van der Waals surface area contributed by atoms with Crippen LogP contribution in [0.15, 0.2) is 82.3 Å². The van der Waals surface area contributed by atoms with Crippen LogP contribution in [0.4, 0.5) is 11.5 Å². The summed E-state index contributed by atoms with van der Waals surface area (Å²) in [6, 6.07) is 19.7. The molecule has 31 heavy (non-hydrogen) atoms. The fraction of sp³-hybridized carbons (Fsp3) is 0. The Hall–Kier alpha value is -3.80. The first-order valence-corrected chi connectivity index (χ1v) is 10.9. The fourth-order valence-corrected chi connectivity index (χ4v) is 4.18. The molecule has 4 aromatic rings.